The van der Waals surface area contributed by atoms with Crippen molar-refractivity contribution in [2.45, 2.75) is 45.5 Å². The highest BCUT2D eigenvalue weighted by atomic mass is 79.9. The molecule has 0 amide bonds. The van der Waals surface area contributed by atoms with Gasteiger partial charge >= 0.3 is 0 Å². The van der Waals surface area contributed by atoms with Gasteiger partial charge in [-0.05, 0) is 56.5 Å². The van der Waals surface area contributed by atoms with Crippen molar-refractivity contribution < 1.29 is 4.74 Å². The number of nitrogens with one attached hydrogen (secondary N) is 1. The average molecular weight is 471 g/mol. The first-order chi connectivity index (χ1) is 14.0. The number of benzene rings is 2. The standard InChI is InChI=1S/C22H23BrN4OS/c1-5-8-29-22-25-21-19(26-27-22)16-11-15(23)6-7-17(16)24-20(28-21)18-13(3)9-12(2)10-14(18)4/h6-7,9-11,20,24H,5,8H2,1-4H3. The third kappa shape index (κ3) is 4.12. The molecule has 1 aliphatic rings. The fourth-order valence-electron chi connectivity index (χ4n) is 3.66. The predicted molar refractivity (Wildman–Crippen MR) is 122 cm³/mol. The number of aromatic nitrogens is 3. The van der Waals surface area contributed by atoms with E-state index in [1.807, 2.05) is 18.2 Å². The van der Waals surface area contributed by atoms with Crippen LogP contribution in [0, 0.1) is 20.8 Å². The maximum Gasteiger partial charge on any atom is 0.247 e. The Morgan fingerprint density at radius 2 is 1.86 bits per heavy atom. The molecule has 5 nitrogen and oxygen atoms in total. The van der Waals surface area contributed by atoms with Gasteiger partial charge in [-0.1, -0.05) is 52.3 Å². The molecule has 4 rings (SSSR count). The van der Waals surface area contributed by atoms with Gasteiger partial charge in [0, 0.05) is 27.0 Å². The van der Waals surface area contributed by atoms with E-state index >= 15 is 0 Å². The van der Waals surface area contributed by atoms with Crippen molar-refractivity contribution in [3.63, 3.8) is 0 Å². The number of aryl methyl sites for hydroxylation is 3. The summed E-state index contributed by atoms with van der Waals surface area (Å²) in [5.41, 5.74) is 7.25. The molecule has 1 unspecified atom stereocenters. The molecule has 150 valence electrons. The third-order valence-corrected chi connectivity index (χ3v) is 6.36. The molecule has 0 bridgehead atoms. The smallest absolute Gasteiger partial charge is 0.247 e. The summed E-state index contributed by atoms with van der Waals surface area (Å²) in [6, 6.07) is 10.4. The summed E-state index contributed by atoms with van der Waals surface area (Å²) in [7, 11) is 0. The number of thioether (sulfide) groups is 1. The summed E-state index contributed by atoms with van der Waals surface area (Å²) in [5, 5.41) is 13.0. The molecule has 0 spiro atoms. The minimum atomic E-state index is -0.363. The lowest BCUT2D eigenvalue weighted by atomic mass is 9.98. The second-order valence-corrected chi connectivity index (χ2v) is 9.22. The molecule has 0 aliphatic carbocycles. The zero-order chi connectivity index (χ0) is 20.5. The van der Waals surface area contributed by atoms with E-state index < -0.39 is 0 Å². The van der Waals surface area contributed by atoms with E-state index in [1.54, 1.807) is 11.8 Å². The fourth-order valence-corrected chi connectivity index (χ4v) is 4.65. The Balaban J connectivity index is 1.86. The summed E-state index contributed by atoms with van der Waals surface area (Å²) in [6.45, 7) is 8.49. The van der Waals surface area contributed by atoms with Crippen molar-refractivity contribution in [2.24, 2.45) is 0 Å². The average Bonchev–Trinajstić information content (AvgIpc) is 2.81. The van der Waals surface area contributed by atoms with Gasteiger partial charge in [-0.15, -0.1) is 10.2 Å². The number of ether oxygens (including phenoxy) is 1. The molecule has 1 aromatic heterocycles. The lowest BCUT2D eigenvalue weighted by Gasteiger charge is -2.23. The van der Waals surface area contributed by atoms with Crippen molar-refractivity contribution in [1.82, 2.24) is 15.2 Å². The van der Waals surface area contributed by atoms with Gasteiger partial charge < -0.3 is 10.1 Å². The van der Waals surface area contributed by atoms with Crippen LogP contribution in [-0.2, 0) is 0 Å². The van der Waals surface area contributed by atoms with Gasteiger partial charge in [0.25, 0.3) is 0 Å². The zero-order valence-corrected chi connectivity index (χ0v) is 19.3. The molecule has 0 saturated carbocycles. The Morgan fingerprint density at radius 3 is 2.59 bits per heavy atom. The molecule has 0 radical (unpaired) electrons. The highest BCUT2D eigenvalue weighted by Crippen LogP contribution is 2.41. The first-order valence-electron chi connectivity index (χ1n) is 9.64. The van der Waals surface area contributed by atoms with Crippen LogP contribution in [-0.4, -0.2) is 20.9 Å². The number of fused-ring (bicyclic) bond motifs is 3. The van der Waals surface area contributed by atoms with Gasteiger partial charge in [0.15, 0.2) is 11.9 Å². The van der Waals surface area contributed by atoms with Gasteiger partial charge in [0.05, 0.1) is 0 Å². The van der Waals surface area contributed by atoms with E-state index in [1.165, 1.54) is 16.7 Å². The molecule has 0 fully saturated rings. The van der Waals surface area contributed by atoms with Crippen LogP contribution in [0.2, 0.25) is 0 Å². The van der Waals surface area contributed by atoms with E-state index in [-0.39, 0.29) is 6.23 Å². The Bertz CT molecular complexity index is 1050. The molecule has 7 heteroatoms. The Hall–Kier alpha value is -2.12. The fraction of sp³-hybridized carbons (Fsp3) is 0.318. The molecule has 2 aromatic carbocycles. The number of nitrogens with zero attached hydrogens (tertiary/aromatic N) is 3. The van der Waals surface area contributed by atoms with Crippen molar-refractivity contribution in [3.05, 3.63) is 57.1 Å². The molecule has 3 aromatic rings. The number of anilines is 1. The number of hydrogen-bond donors (Lipinski definition) is 1. The van der Waals surface area contributed by atoms with E-state index in [0.29, 0.717) is 16.7 Å². The van der Waals surface area contributed by atoms with E-state index in [4.69, 9.17) is 9.72 Å². The minimum Gasteiger partial charge on any atom is -0.448 e. The van der Waals surface area contributed by atoms with E-state index in [2.05, 4.69) is 71.3 Å². The molecular weight excluding hydrogens is 448 g/mol. The van der Waals surface area contributed by atoms with Gasteiger partial charge in [-0.2, -0.15) is 4.98 Å². The summed E-state index contributed by atoms with van der Waals surface area (Å²) < 4.78 is 7.40. The number of rotatable bonds is 4. The molecule has 0 saturated heterocycles. The number of halogens is 1. The first kappa shape index (κ1) is 20.2. The van der Waals surface area contributed by atoms with Gasteiger partial charge in [-0.25, -0.2) is 0 Å². The van der Waals surface area contributed by atoms with Gasteiger partial charge in [-0.3, -0.25) is 0 Å². The summed E-state index contributed by atoms with van der Waals surface area (Å²) >= 11 is 5.16. The van der Waals surface area contributed by atoms with Gasteiger partial charge in [0.1, 0.15) is 0 Å². The van der Waals surface area contributed by atoms with Crippen LogP contribution in [0.1, 0.15) is 41.8 Å². The summed E-state index contributed by atoms with van der Waals surface area (Å²) in [6.07, 6.45) is 0.686. The Morgan fingerprint density at radius 1 is 1.10 bits per heavy atom. The largest absolute Gasteiger partial charge is 0.448 e. The first-order valence-corrected chi connectivity index (χ1v) is 11.4. The minimum absolute atomic E-state index is 0.363. The summed E-state index contributed by atoms with van der Waals surface area (Å²) in [4.78, 5) is 4.70. The van der Waals surface area contributed by atoms with Crippen LogP contribution in [0.5, 0.6) is 5.88 Å². The van der Waals surface area contributed by atoms with Crippen molar-refractivity contribution in [2.75, 3.05) is 11.1 Å². The highest BCUT2D eigenvalue weighted by Gasteiger charge is 2.28. The van der Waals surface area contributed by atoms with Crippen molar-refractivity contribution in [1.29, 1.82) is 0 Å². The molecule has 1 N–H and O–H groups in total. The Kier molecular flexibility index (Phi) is 5.79. The van der Waals surface area contributed by atoms with E-state index in [9.17, 15) is 0 Å². The normalized spacial score (nSPS) is 15.0. The summed E-state index contributed by atoms with van der Waals surface area (Å²) in [5.74, 6) is 1.45. The monoisotopic (exact) mass is 470 g/mol. The zero-order valence-electron chi connectivity index (χ0n) is 16.9. The number of hydrogen-bond acceptors (Lipinski definition) is 6. The molecule has 1 aliphatic heterocycles. The lowest BCUT2D eigenvalue weighted by molar-refractivity contribution is 0.224. The molecule has 29 heavy (non-hydrogen) atoms. The molecule has 1 atom stereocenters. The molecular formula is C22H23BrN4OS. The maximum atomic E-state index is 6.43. The highest BCUT2D eigenvalue weighted by molar-refractivity contribution is 9.10. The quantitative estimate of drug-likeness (QED) is 0.455. The predicted octanol–water partition coefficient (Wildman–Crippen LogP) is 6.23. The van der Waals surface area contributed by atoms with Gasteiger partial charge in [0.2, 0.25) is 11.0 Å². The second kappa shape index (κ2) is 8.32. The van der Waals surface area contributed by atoms with Crippen LogP contribution < -0.4 is 10.1 Å². The van der Waals surface area contributed by atoms with Crippen LogP contribution in [0.4, 0.5) is 5.69 Å². The second-order valence-electron chi connectivity index (χ2n) is 7.24. The lowest BCUT2D eigenvalue weighted by Crippen LogP contribution is -2.19. The molecule has 2 heterocycles. The van der Waals surface area contributed by atoms with Crippen molar-refractivity contribution in [3.8, 4) is 17.1 Å². The third-order valence-electron chi connectivity index (χ3n) is 4.82. The SMILES string of the molecule is CCCSc1nnc2c(n1)OC(c1c(C)cc(C)cc1C)Nc1ccc(Br)cc1-2. The maximum absolute atomic E-state index is 6.43. The van der Waals surface area contributed by atoms with E-state index in [0.717, 1.165) is 33.5 Å². The van der Waals surface area contributed by atoms with Crippen LogP contribution in [0.25, 0.3) is 11.3 Å². The van der Waals surface area contributed by atoms with Crippen LogP contribution in [0.15, 0.2) is 40.0 Å². The Labute approximate surface area is 183 Å². The van der Waals surface area contributed by atoms with Crippen molar-refractivity contribution >= 4 is 33.4 Å². The van der Waals surface area contributed by atoms with Crippen LogP contribution in [0.3, 0.4) is 0 Å². The van der Waals surface area contributed by atoms with Crippen LogP contribution >= 0.6 is 27.7 Å². The topological polar surface area (TPSA) is 59.9 Å².